The third-order valence-corrected chi connectivity index (χ3v) is 8.43. The summed E-state index contributed by atoms with van der Waals surface area (Å²) in [6.07, 6.45) is 3.54. The molecule has 0 N–H and O–H groups in total. The number of hydrogen-bond acceptors (Lipinski definition) is 6. The van der Waals surface area contributed by atoms with Crippen LogP contribution in [0.1, 0.15) is 42.5 Å². The van der Waals surface area contributed by atoms with Gasteiger partial charge in [-0.3, -0.25) is 9.69 Å². The number of amides is 3. The molecule has 3 atom stereocenters. The van der Waals surface area contributed by atoms with Crippen molar-refractivity contribution in [2.45, 2.75) is 63.9 Å². The standard InChI is InChI=1S/C25H24ClFN4O3S/c1-13-8-14(26)9-16(22(13)34-20-6-2-4-17(20)27)21-23-18(28-12-29-21)10-15(35-23)11-31-24(32)19-5-3-7-30(19)25(31)33/h8-10,12,17,19-20H,2-7,11H2,1H3/t17-,19?,20+/m0/s1. The second-order valence-corrected chi connectivity index (χ2v) is 11.0. The minimum absolute atomic E-state index is 0.130. The number of imide groups is 1. The Labute approximate surface area is 210 Å². The average Bonchev–Trinajstić information content (AvgIpc) is 3.60. The van der Waals surface area contributed by atoms with E-state index in [1.807, 2.05) is 13.0 Å². The smallest absolute Gasteiger partial charge is 0.327 e. The maximum absolute atomic E-state index is 14.4. The molecule has 2 saturated heterocycles. The summed E-state index contributed by atoms with van der Waals surface area (Å²) in [6.45, 7) is 2.72. The first-order valence-electron chi connectivity index (χ1n) is 11.9. The number of carbonyl (C=O) groups is 2. The van der Waals surface area contributed by atoms with Gasteiger partial charge in [0.05, 0.1) is 22.5 Å². The number of carbonyl (C=O) groups excluding carboxylic acids is 2. The van der Waals surface area contributed by atoms with Crippen LogP contribution in [0.5, 0.6) is 5.75 Å². The topological polar surface area (TPSA) is 75.6 Å². The quantitative estimate of drug-likeness (QED) is 0.419. The first-order valence-corrected chi connectivity index (χ1v) is 13.1. The molecule has 0 radical (unpaired) electrons. The van der Waals surface area contributed by atoms with Gasteiger partial charge < -0.3 is 9.64 Å². The van der Waals surface area contributed by atoms with Crippen LogP contribution in [0.15, 0.2) is 24.5 Å². The van der Waals surface area contributed by atoms with Gasteiger partial charge in [-0.1, -0.05) is 11.6 Å². The van der Waals surface area contributed by atoms with Gasteiger partial charge in [-0.2, -0.15) is 0 Å². The third-order valence-electron chi connectivity index (χ3n) is 7.09. The van der Waals surface area contributed by atoms with E-state index >= 15 is 0 Å². The molecule has 10 heteroatoms. The number of nitrogens with zero attached hydrogens (tertiary/aromatic N) is 4. The molecular weight excluding hydrogens is 491 g/mol. The molecule has 3 aromatic rings. The minimum Gasteiger partial charge on any atom is -0.486 e. The van der Waals surface area contributed by atoms with Gasteiger partial charge in [0.25, 0.3) is 5.91 Å². The van der Waals surface area contributed by atoms with Crippen molar-refractivity contribution in [3.8, 4) is 17.0 Å². The maximum atomic E-state index is 14.4. The molecule has 7 nitrogen and oxygen atoms in total. The molecule has 3 aliphatic rings. The molecule has 4 heterocycles. The van der Waals surface area contributed by atoms with E-state index < -0.39 is 12.3 Å². The summed E-state index contributed by atoms with van der Waals surface area (Å²) in [5, 5.41) is 0.533. The summed E-state index contributed by atoms with van der Waals surface area (Å²) in [6, 6.07) is 4.94. The molecule has 1 saturated carbocycles. The van der Waals surface area contributed by atoms with Crippen molar-refractivity contribution in [1.29, 1.82) is 0 Å². The van der Waals surface area contributed by atoms with Crippen LogP contribution < -0.4 is 4.74 Å². The molecule has 3 fully saturated rings. The minimum atomic E-state index is -0.998. The number of aryl methyl sites for hydroxylation is 1. The van der Waals surface area contributed by atoms with Crippen molar-refractivity contribution >= 4 is 45.1 Å². The van der Waals surface area contributed by atoms with E-state index in [1.54, 1.807) is 17.0 Å². The fraction of sp³-hybridized carbons (Fsp3) is 0.440. The third kappa shape index (κ3) is 3.85. The van der Waals surface area contributed by atoms with Gasteiger partial charge in [0.1, 0.15) is 30.4 Å². The predicted octanol–water partition coefficient (Wildman–Crippen LogP) is 5.52. The molecule has 182 valence electrons. The fourth-order valence-electron chi connectivity index (χ4n) is 5.38. The highest BCUT2D eigenvalue weighted by molar-refractivity contribution is 7.19. The average molecular weight is 515 g/mol. The number of aromatic nitrogens is 2. The van der Waals surface area contributed by atoms with Crippen molar-refractivity contribution < 1.29 is 18.7 Å². The SMILES string of the molecule is Cc1cc(Cl)cc(-c2ncnc3cc(CN4C(=O)C5CCCN5C4=O)sc23)c1O[C@@H]1CCC[C@@H]1F. The number of alkyl halides is 1. The Morgan fingerprint density at radius 2 is 2.03 bits per heavy atom. The van der Waals surface area contributed by atoms with Crippen molar-refractivity contribution in [1.82, 2.24) is 19.8 Å². The highest BCUT2D eigenvalue weighted by atomic mass is 35.5. The van der Waals surface area contributed by atoms with Crippen LogP contribution in [0.4, 0.5) is 9.18 Å². The lowest BCUT2D eigenvalue weighted by Crippen LogP contribution is -2.32. The number of hydrogen-bond donors (Lipinski definition) is 0. The zero-order valence-corrected chi connectivity index (χ0v) is 20.7. The van der Waals surface area contributed by atoms with Crippen LogP contribution in [0.3, 0.4) is 0 Å². The van der Waals surface area contributed by atoms with E-state index in [0.29, 0.717) is 46.9 Å². The van der Waals surface area contributed by atoms with E-state index in [9.17, 15) is 14.0 Å². The molecule has 1 aromatic carbocycles. The fourth-order valence-corrected chi connectivity index (χ4v) is 6.76. The van der Waals surface area contributed by atoms with Gasteiger partial charge in [0.2, 0.25) is 0 Å². The summed E-state index contributed by atoms with van der Waals surface area (Å²) in [5.74, 6) is 0.444. The molecule has 6 rings (SSSR count). The summed E-state index contributed by atoms with van der Waals surface area (Å²) in [4.78, 5) is 38.4. The van der Waals surface area contributed by atoms with E-state index in [1.165, 1.54) is 22.6 Å². The predicted molar refractivity (Wildman–Crippen MR) is 131 cm³/mol. The number of thiophene rings is 1. The van der Waals surface area contributed by atoms with Gasteiger partial charge >= 0.3 is 6.03 Å². The molecular formula is C25H24ClFN4O3S. The van der Waals surface area contributed by atoms with Crippen LogP contribution in [0, 0.1) is 6.92 Å². The van der Waals surface area contributed by atoms with Crippen LogP contribution >= 0.6 is 22.9 Å². The molecule has 0 bridgehead atoms. The Hall–Kier alpha value is -2.78. The van der Waals surface area contributed by atoms with Gasteiger partial charge in [0.15, 0.2) is 0 Å². The van der Waals surface area contributed by atoms with Crippen LogP contribution in [0.2, 0.25) is 5.02 Å². The lowest BCUT2D eigenvalue weighted by atomic mass is 10.1. The first-order chi connectivity index (χ1) is 16.9. The summed E-state index contributed by atoms with van der Waals surface area (Å²) < 4.78 is 21.4. The number of fused-ring (bicyclic) bond motifs is 2. The number of urea groups is 1. The Morgan fingerprint density at radius 1 is 1.17 bits per heavy atom. The van der Waals surface area contributed by atoms with E-state index in [0.717, 1.165) is 34.4 Å². The van der Waals surface area contributed by atoms with Crippen molar-refractivity contribution in [3.05, 3.63) is 40.0 Å². The second-order valence-electron chi connectivity index (χ2n) is 9.41. The number of halogens is 2. The Bertz CT molecular complexity index is 1330. The van der Waals surface area contributed by atoms with Gasteiger partial charge in [-0.05, 0) is 62.8 Å². The van der Waals surface area contributed by atoms with Crippen LogP contribution in [-0.4, -0.2) is 56.6 Å². The monoisotopic (exact) mass is 514 g/mol. The number of ether oxygens (including phenoxy) is 1. The highest BCUT2D eigenvalue weighted by Gasteiger charge is 2.47. The van der Waals surface area contributed by atoms with E-state index in [4.69, 9.17) is 16.3 Å². The van der Waals surface area contributed by atoms with E-state index in [2.05, 4.69) is 9.97 Å². The molecule has 35 heavy (non-hydrogen) atoms. The highest BCUT2D eigenvalue weighted by Crippen LogP contribution is 2.42. The van der Waals surface area contributed by atoms with Gasteiger partial charge in [-0.15, -0.1) is 11.3 Å². The number of rotatable bonds is 5. The van der Waals surface area contributed by atoms with Crippen LogP contribution in [-0.2, 0) is 11.3 Å². The normalized spacial score (nSPS) is 24.1. The maximum Gasteiger partial charge on any atom is 0.327 e. The molecule has 3 amide bonds. The molecule has 2 aliphatic heterocycles. The lowest BCUT2D eigenvalue weighted by Gasteiger charge is -2.20. The van der Waals surface area contributed by atoms with E-state index in [-0.39, 0.29) is 24.5 Å². The molecule has 2 aromatic heterocycles. The first kappa shape index (κ1) is 22.7. The molecule has 0 spiro atoms. The summed E-state index contributed by atoms with van der Waals surface area (Å²) >= 11 is 7.85. The Morgan fingerprint density at radius 3 is 2.80 bits per heavy atom. The Kier molecular flexibility index (Phi) is 5.64. The summed E-state index contributed by atoms with van der Waals surface area (Å²) in [5.41, 5.74) is 2.84. The Balaban J connectivity index is 1.37. The second kappa shape index (κ2) is 8.71. The molecule has 1 aliphatic carbocycles. The number of benzene rings is 1. The van der Waals surface area contributed by atoms with Gasteiger partial charge in [0, 0.05) is 22.0 Å². The van der Waals surface area contributed by atoms with Crippen molar-refractivity contribution in [2.24, 2.45) is 0 Å². The van der Waals surface area contributed by atoms with Crippen LogP contribution in [0.25, 0.3) is 21.5 Å². The van der Waals surface area contributed by atoms with Gasteiger partial charge in [-0.25, -0.2) is 19.2 Å². The lowest BCUT2D eigenvalue weighted by molar-refractivity contribution is -0.128. The largest absolute Gasteiger partial charge is 0.486 e. The zero-order chi connectivity index (χ0) is 24.3. The zero-order valence-electron chi connectivity index (χ0n) is 19.2. The van der Waals surface area contributed by atoms with Crippen molar-refractivity contribution in [3.63, 3.8) is 0 Å². The molecule has 1 unspecified atom stereocenters. The summed E-state index contributed by atoms with van der Waals surface area (Å²) in [7, 11) is 0. The van der Waals surface area contributed by atoms with Crippen molar-refractivity contribution in [2.75, 3.05) is 6.54 Å².